The number of aromatic nitrogens is 1. The van der Waals surface area contributed by atoms with Gasteiger partial charge in [-0.05, 0) is 91.2 Å². The van der Waals surface area contributed by atoms with Gasteiger partial charge in [0.15, 0.2) is 10.6 Å². The third kappa shape index (κ3) is 6.96. The standard InChI is InChI=1S/C34H30BrClN2O7S/c1-5-43-33(42)28-19(4)37-34-38(29(28)23-8-6-7-9-26(23)45-18(2)3)31(39)27(46-34)16-21-14-24(35)30(25(36)15-21)44-17-20-10-12-22(13-11-20)32(40)41/h6-16,18,29H,5,17H2,1-4H3,(H,40,41)/b27-16+/t29-/m1/s1. The normalized spacial score (nSPS) is 14.6. The van der Waals surface area contributed by atoms with Crippen molar-refractivity contribution < 1.29 is 28.9 Å². The number of benzene rings is 3. The predicted molar refractivity (Wildman–Crippen MR) is 179 cm³/mol. The average Bonchev–Trinajstić information content (AvgIpc) is 3.30. The van der Waals surface area contributed by atoms with E-state index in [9.17, 15) is 14.4 Å². The van der Waals surface area contributed by atoms with E-state index in [4.69, 9.17) is 30.9 Å². The van der Waals surface area contributed by atoms with E-state index >= 15 is 0 Å². The number of halogens is 2. The summed E-state index contributed by atoms with van der Waals surface area (Å²) in [7, 11) is 0. The number of para-hydroxylation sites is 1. The van der Waals surface area contributed by atoms with Crippen LogP contribution in [0.4, 0.5) is 0 Å². The highest BCUT2D eigenvalue weighted by Crippen LogP contribution is 2.37. The Balaban J connectivity index is 1.54. The smallest absolute Gasteiger partial charge is 0.338 e. The lowest BCUT2D eigenvalue weighted by molar-refractivity contribution is -0.139. The number of allylic oxidation sites excluding steroid dienone is 1. The van der Waals surface area contributed by atoms with Gasteiger partial charge in [0, 0.05) is 5.56 Å². The van der Waals surface area contributed by atoms with Crippen LogP contribution in [0.2, 0.25) is 5.02 Å². The minimum Gasteiger partial charge on any atom is -0.491 e. The van der Waals surface area contributed by atoms with Crippen molar-refractivity contribution in [1.29, 1.82) is 0 Å². The highest BCUT2D eigenvalue weighted by molar-refractivity contribution is 9.10. The molecule has 0 bridgehead atoms. The summed E-state index contributed by atoms with van der Waals surface area (Å²) in [5.74, 6) is -0.598. The van der Waals surface area contributed by atoms with Gasteiger partial charge in [-0.25, -0.2) is 14.6 Å². The summed E-state index contributed by atoms with van der Waals surface area (Å²) >= 11 is 11.3. The number of nitrogens with zero attached hydrogens (tertiary/aromatic N) is 2. The first kappa shape index (κ1) is 33.2. The molecule has 1 aliphatic rings. The Kier molecular flexibility index (Phi) is 10.1. The molecule has 1 atom stereocenters. The Labute approximate surface area is 282 Å². The molecule has 0 aliphatic carbocycles. The molecular formula is C34H30BrClN2O7S. The summed E-state index contributed by atoms with van der Waals surface area (Å²) in [6, 6.07) is 16.4. The van der Waals surface area contributed by atoms with Gasteiger partial charge in [-0.2, -0.15) is 0 Å². The zero-order chi connectivity index (χ0) is 33.1. The number of carboxylic acids is 1. The van der Waals surface area contributed by atoms with Crippen LogP contribution in [-0.2, 0) is 16.1 Å². The monoisotopic (exact) mass is 724 g/mol. The lowest BCUT2D eigenvalue weighted by Gasteiger charge is -2.26. The van der Waals surface area contributed by atoms with Crippen molar-refractivity contribution in [2.75, 3.05) is 6.61 Å². The zero-order valence-electron chi connectivity index (χ0n) is 25.4. The summed E-state index contributed by atoms with van der Waals surface area (Å²) in [6.45, 7) is 7.62. The molecule has 1 N–H and O–H groups in total. The number of rotatable bonds is 10. The molecule has 12 heteroatoms. The maximum absolute atomic E-state index is 14.1. The maximum atomic E-state index is 14.1. The Morgan fingerprint density at radius 2 is 1.87 bits per heavy atom. The number of hydrogen-bond donors (Lipinski definition) is 1. The zero-order valence-corrected chi connectivity index (χ0v) is 28.5. The summed E-state index contributed by atoms with van der Waals surface area (Å²) < 4.78 is 19.9. The Bertz CT molecular complexity index is 2010. The fourth-order valence-electron chi connectivity index (χ4n) is 5.00. The molecule has 238 valence electrons. The highest BCUT2D eigenvalue weighted by Gasteiger charge is 2.35. The van der Waals surface area contributed by atoms with Gasteiger partial charge >= 0.3 is 11.9 Å². The van der Waals surface area contributed by atoms with Crippen molar-refractivity contribution in [2.45, 2.75) is 46.4 Å². The molecule has 0 amide bonds. The van der Waals surface area contributed by atoms with Crippen molar-refractivity contribution in [3.05, 3.63) is 123 Å². The maximum Gasteiger partial charge on any atom is 0.338 e. The Morgan fingerprint density at radius 1 is 1.15 bits per heavy atom. The summed E-state index contributed by atoms with van der Waals surface area (Å²) in [5, 5.41) is 9.43. The van der Waals surface area contributed by atoms with Crippen LogP contribution in [-0.4, -0.2) is 34.3 Å². The SMILES string of the molecule is CCOC(=O)C1=C(C)N=c2s/c(=C/c3cc(Cl)c(OCc4ccc(C(=O)O)cc4)c(Br)c3)c(=O)n2[C@@H]1c1ccccc1OC(C)C. The number of fused-ring (bicyclic) bond motifs is 1. The largest absolute Gasteiger partial charge is 0.491 e. The second-order valence-electron chi connectivity index (χ2n) is 10.6. The van der Waals surface area contributed by atoms with Crippen LogP contribution in [0, 0.1) is 0 Å². The summed E-state index contributed by atoms with van der Waals surface area (Å²) in [5.41, 5.74) is 2.63. The molecule has 0 spiro atoms. The van der Waals surface area contributed by atoms with Crippen molar-refractivity contribution in [2.24, 2.45) is 4.99 Å². The lowest BCUT2D eigenvalue weighted by atomic mass is 9.95. The highest BCUT2D eigenvalue weighted by atomic mass is 79.9. The van der Waals surface area contributed by atoms with Gasteiger partial charge in [-0.1, -0.05) is 53.3 Å². The average molecular weight is 726 g/mol. The van der Waals surface area contributed by atoms with Gasteiger partial charge in [-0.3, -0.25) is 9.36 Å². The van der Waals surface area contributed by atoms with E-state index < -0.39 is 18.0 Å². The molecule has 0 fully saturated rings. The second kappa shape index (κ2) is 14.1. The first-order valence-corrected chi connectivity index (χ1v) is 16.4. The minimum atomic E-state index is -1.00. The molecule has 0 radical (unpaired) electrons. The van der Waals surface area contributed by atoms with E-state index in [1.54, 1.807) is 44.2 Å². The van der Waals surface area contributed by atoms with E-state index in [0.29, 0.717) is 47.2 Å². The molecule has 46 heavy (non-hydrogen) atoms. The third-order valence-electron chi connectivity index (χ3n) is 7.00. The van der Waals surface area contributed by atoms with Gasteiger partial charge in [0.05, 0.1) is 43.6 Å². The van der Waals surface area contributed by atoms with Crippen LogP contribution in [0.3, 0.4) is 0 Å². The van der Waals surface area contributed by atoms with E-state index in [-0.39, 0.29) is 36.0 Å². The van der Waals surface area contributed by atoms with Crippen LogP contribution in [0.5, 0.6) is 11.5 Å². The molecular weight excluding hydrogens is 696 g/mol. The van der Waals surface area contributed by atoms with Gasteiger partial charge in [0.2, 0.25) is 0 Å². The van der Waals surface area contributed by atoms with E-state index in [2.05, 4.69) is 20.9 Å². The van der Waals surface area contributed by atoms with Crippen LogP contribution in [0.15, 0.2) is 86.2 Å². The quantitative estimate of drug-likeness (QED) is 0.192. The van der Waals surface area contributed by atoms with E-state index in [1.807, 2.05) is 38.1 Å². The molecule has 3 aromatic carbocycles. The first-order valence-electron chi connectivity index (χ1n) is 14.4. The van der Waals surface area contributed by atoms with Gasteiger partial charge < -0.3 is 19.3 Å². The molecule has 0 saturated carbocycles. The van der Waals surface area contributed by atoms with Crippen molar-refractivity contribution in [1.82, 2.24) is 4.57 Å². The fourth-order valence-corrected chi connectivity index (χ4v) is 7.04. The predicted octanol–water partition coefficient (Wildman–Crippen LogP) is 6.28. The van der Waals surface area contributed by atoms with Crippen molar-refractivity contribution in [3.63, 3.8) is 0 Å². The first-order chi connectivity index (χ1) is 22.0. The van der Waals surface area contributed by atoms with Gasteiger partial charge in [0.25, 0.3) is 5.56 Å². The molecule has 5 rings (SSSR count). The van der Waals surface area contributed by atoms with Gasteiger partial charge in [-0.15, -0.1) is 0 Å². The van der Waals surface area contributed by atoms with Crippen LogP contribution in [0.25, 0.3) is 6.08 Å². The number of esters is 1. The molecule has 2 heterocycles. The molecule has 0 saturated heterocycles. The van der Waals surface area contributed by atoms with Crippen LogP contribution in [0.1, 0.15) is 60.8 Å². The van der Waals surface area contributed by atoms with Gasteiger partial charge in [0.1, 0.15) is 18.4 Å². The second-order valence-corrected chi connectivity index (χ2v) is 12.9. The van der Waals surface area contributed by atoms with E-state index in [0.717, 1.165) is 5.56 Å². The molecule has 1 aromatic heterocycles. The number of thiazole rings is 1. The number of ether oxygens (including phenoxy) is 3. The molecule has 1 aliphatic heterocycles. The molecule has 4 aromatic rings. The molecule has 9 nitrogen and oxygen atoms in total. The lowest BCUT2D eigenvalue weighted by Crippen LogP contribution is -2.40. The Morgan fingerprint density at radius 3 is 2.52 bits per heavy atom. The number of carbonyl (C=O) groups excluding carboxylic acids is 1. The fraction of sp³-hybridized carbons (Fsp3) is 0.235. The number of carbonyl (C=O) groups is 2. The Hall–Kier alpha value is -4.19. The topological polar surface area (TPSA) is 116 Å². The minimum absolute atomic E-state index is 0.138. The molecule has 0 unspecified atom stereocenters. The van der Waals surface area contributed by atoms with E-state index in [1.165, 1.54) is 28.0 Å². The van der Waals surface area contributed by atoms with Crippen LogP contribution >= 0.6 is 38.9 Å². The summed E-state index contributed by atoms with van der Waals surface area (Å²) in [6.07, 6.45) is 1.58. The third-order valence-corrected chi connectivity index (χ3v) is 8.85. The number of carboxylic acid groups (broad SMARTS) is 1. The van der Waals surface area contributed by atoms with Crippen molar-refractivity contribution >= 4 is 56.9 Å². The van der Waals surface area contributed by atoms with Crippen LogP contribution < -0.4 is 24.4 Å². The van der Waals surface area contributed by atoms with Crippen molar-refractivity contribution in [3.8, 4) is 11.5 Å². The summed E-state index contributed by atoms with van der Waals surface area (Å²) in [4.78, 5) is 43.6. The number of hydrogen-bond acceptors (Lipinski definition) is 8. The number of aromatic carboxylic acids is 1.